The molecule has 116 valence electrons. The number of hydrogen-bond donors (Lipinski definition) is 2. The van der Waals surface area contributed by atoms with Crippen LogP contribution in [-0.2, 0) is 9.53 Å². The van der Waals surface area contributed by atoms with Gasteiger partial charge in [0.25, 0.3) is 0 Å². The Morgan fingerprint density at radius 2 is 2.14 bits per heavy atom. The molecule has 0 aliphatic carbocycles. The van der Waals surface area contributed by atoms with Gasteiger partial charge in [0, 0.05) is 6.20 Å². The number of amides is 1. The van der Waals surface area contributed by atoms with E-state index in [0.717, 1.165) is 0 Å². The quantitative estimate of drug-likeness (QED) is 0.825. The van der Waals surface area contributed by atoms with Crippen LogP contribution in [0.15, 0.2) is 18.3 Å². The van der Waals surface area contributed by atoms with Crippen LogP contribution in [0.25, 0.3) is 0 Å². The smallest absolute Gasteiger partial charge is 0.339 e. The van der Waals surface area contributed by atoms with Crippen LogP contribution in [0, 0.1) is 5.92 Å². The van der Waals surface area contributed by atoms with Gasteiger partial charge in [0.2, 0.25) is 5.91 Å². The number of rotatable bonds is 3. The molecule has 2 rings (SSSR count). The number of nitrogens with zero attached hydrogens (tertiary/aromatic N) is 1. The van der Waals surface area contributed by atoms with Crippen LogP contribution in [0.1, 0.15) is 43.0 Å². The molecule has 1 amide bonds. The molecule has 1 saturated heterocycles. The molecule has 0 radical (unpaired) electrons. The molecule has 0 bridgehead atoms. The number of carbonyl (C=O) groups excluding carboxylic acids is 2. The molecule has 1 fully saturated rings. The van der Waals surface area contributed by atoms with Gasteiger partial charge in [-0.15, -0.1) is 12.4 Å². The van der Waals surface area contributed by atoms with Crippen LogP contribution >= 0.6 is 12.4 Å². The van der Waals surface area contributed by atoms with Crippen LogP contribution in [0.3, 0.4) is 0 Å². The van der Waals surface area contributed by atoms with Crippen molar-refractivity contribution in [2.24, 2.45) is 5.92 Å². The SMILES string of the molecule is COC(=O)c1cccnc1C1NC(=O)C(C)(C(C)C)N1.Cl. The lowest BCUT2D eigenvalue weighted by Crippen LogP contribution is -2.48. The number of nitrogens with one attached hydrogen (secondary N) is 2. The summed E-state index contributed by atoms with van der Waals surface area (Å²) in [5, 5.41) is 6.06. The molecule has 21 heavy (non-hydrogen) atoms. The van der Waals surface area contributed by atoms with Gasteiger partial charge in [-0.05, 0) is 25.0 Å². The van der Waals surface area contributed by atoms with Crippen molar-refractivity contribution in [3.63, 3.8) is 0 Å². The first kappa shape index (κ1) is 17.4. The lowest BCUT2D eigenvalue weighted by molar-refractivity contribution is -0.125. The molecule has 1 aliphatic rings. The highest BCUT2D eigenvalue weighted by Gasteiger charge is 2.46. The highest BCUT2D eigenvalue weighted by Crippen LogP contribution is 2.28. The second-order valence-electron chi connectivity index (χ2n) is 5.34. The number of aromatic nitrogens is 1. The number of esters is 1. The molecular formula is C14H20ClN3O3. The first-order valence-electron chi connectivity index (χ1n) is 6.52. The molecule has 0 aromatic carbocycles. The van der Waals surface area contributed by atoms with Crippen molar-refractivity contribution < 1.29 is 14.3 Å². The van der Waals surface area contributed by atoms with Crippen molar-refractivity contribution in [1.82, 2.24) is 15.6 Å². The van der Waals surface area contributed by atoms with Gasteiger partial charge >= 0.3 is 5.97 Å². The Hall–Kier alpha value is -1.66. The summed E-state index contributed by atoms with van der Waals surface area (Å²) in [5.74, 6) is -0.459. The Balaban J connectivity index is 0.00000220. The third-order valence-corrected chi connectivity index (χ3v) is 3.86. The molecule has 1 aromatic heterocycles. The summed E-state index contributed by atoms with van der Waals surface area (Å²) in [5.41, 5.74) is 0.133. The summed E-state index contributed by atoms with van der Waals surface area (Å²) in [6, 6.07) is 3.29. The molecule has 0 spiro atoms. The molecule has 7 heteroatoms. The van der Waals surface area contributed by atoms with Crippen LogP contribution in [0.2, 0.25) is 0 Å². The fraction of sp³-hybridized carbons (Fsp3) is 0.500. The number of carbonyl (C=O) groups is 2. The van der Waals surface area contributed by atoms with E-state index < -0.39 is 17.7 Å². The lowest BCUT2D eigenvalue weighted by Gasteiger charge is -2.26. The average Bonchev–Trinajstić information content (AvgIpc) is 2.75. The monoisotopic (exact) mass is 313 g/mol. The van der Waals surface area contributed by atoms with Gasteiger partial charge in [0.1, 0.15) is 6.17 Å². The summed E-state index contributed by atoms with van der Waals surface area (Å²) in [4.78, 5) is 28.1. The van der Waals surface area contributed by atoms with Crippen molar-refractivity contribution in [1.29, 1.82) is 0 Å². The number of halogens is 1. The highest BCUT2D eigenvalue weighted by atomic mass is 35.5. The van der Waals surface area contributed by atoms with Gasteiger partial charge in [-0.2, -0.15) is 0 Å². The van der Waals surface area contributed by atoms with E-state index in [1.54, 1.807) is 18.3 Å². The molecule has 2 atom stereocenters. The molecule has 2 heterocycles. The number of methoxy groups -OCH3 is 1. The minimum absolute atomic E-state index is 0. The second-order valence-corrected chi connectivity index (χ2v) is 5.34. The standard InChI is InChI=1S/C14H19N3O3.ClH/c1-8(2)14(3)13(19)16-11(17-14)10-9(12(18)20-4)6-5-7-15-10;/h5-8,11,17H,1-4H3,(H,16,19);1H. The van der Waals surface area contributed by atoms with Crippen LogP contribution in [0.5, 0.6) is 0 Å². The minimum Gasteiger partial charge on any atom is -0.465 e. The third-order valence-electron chi connectivity index (χ3n) is 3.86. The van der Waals surface area contributed by atoms with E-state index in [4.69, 9.17) is 4.74 Å². The fourth-order valence-corrected chi connectivity index (χ4v) is 2.18. The minimum atomic E-state index is -0.685. The van der Waals surface area contributed by atoms with E-state index in [9.17, 15) is 9.59 Å². The van der Waals surface area contributed by atoms with Crippen LogP contribution in [-0.4, -0.2) is 29.5 Å². The van der Waals surface area contributed by atoms with E-state index in [0.29, 0.717) is 11.3 Å². The predicted octanol–water partition coefficient (Wildman–Crippen LogP) is 1.42. The summed E-state index contributed by atoms with van der Waals surface area (Å²) in [6.07, 6.45) is 1.09. The molecule has 2 N–H and O–H groups in total. The zero-order valence-corrected chi connectivity index (χ0v) is 13.3. The van der Waals surface area contributed by atoms with E-state index in [2.05, 4.69) is 15.6 Å². The number of ether oxygens (including phenoxy) is 1. The number of pyridine rings is 1. The Morgan fingerprint density at radius 1 is 1.48 bits per heavy atom. The van der Waals surface area contributed by atoms with E-state index in [1.807, 2.05) is 20.8 Å². The van der Waals surface area contributed by atoms with E-state index in [1.165, 1.54) is 7.11 Å². The highest BCUT2D eigenvalue weighted by molar-refractivity contribution is 5.92. The van der Waals surface area contributed by atoms with Crippen molar-refractivity contribution in [3.05, 3.63) is 29.6 Å². The van der Waals surface area contributed by atoms with E-state index in [-0.39, 0.29) is 24.2 Å². The van der Waals surface area contributed by atoms with Gasteiger partial charge in [-0.1, -0.05) is 13.8 Å². The predicted molar refractivity (Wildman–Crippen MR) is 80.1 cm³/mol. The van der Waals surface area contributed by atoms with Gasteiger partial charge in [0.15, 0.2) is 0 Å². The first-order valence-corrected chi connectivity index (χ1v) is 6.52. The maximum absolute atomic E-state index is 12.2. The van der Waals surface area contributed by atoms with Gasteiger partial charge in [-0.25, -0.2) is 4.79 Å². The molecule has 2 unspecified atom stereocenters. The Bertz CT molecular complexity index is 550. The van der Waals surface area contributed by atoms with Crippen molar-refractivity contribution in [3.8, 4) is 0 Å². The van der Waals surface area contributed by atoms with Crippen molar-refractivity contribution in [2.75, 3.05) is 7.11 Å². The second kappa shape index (κ2) is 6.41. The molecule has 1 aliphatic heterocycles. The van der Waals surface area contributed by atoms with Gasteiger partial charge in [-0.3, -0.25) is 15.1 Å². The molecule has 0 saturated carbocycles. The average molecular weight is 314 g/mol. The van der Waals surface area contributed by atoms with Crippen molar-refractivity contribution >= 4 is 24.3 Å². The maximum Gasteiger partial charge on any atom is 0.339 e. The Kier molecular flexibility index (Phi) is 5.31. The molecule has 1 aromatic rings. The normalized spacial score (nSPS) is 24.4. The number of hydrogen-bond acceptors (Lipinski definition) is 5. The summed E-state index contributed by atoms with van der Waals surface area (Å²) >= 11 is 0. The maximum atomic E-state index is 12.2. The molecular weight excluding hydrogens is 294 g/mol. The Labute approximate surface area is 130 Å². The Morgan fingerprint density at radius 3 is 2.67 bits per heavy atom. The first-order chi connectivity index (χ1) is 9.40. The van der Waals surface area contributed by atoms with Crippen molar-refractivity contribution in [2.45, 2.75) is 32.5 Å². The van der Waals surface area contributed by atoms with Gasteiger partial charge in [0.05, 0.1) is 23.9 Å². The zero-order chi connectivity index (χ0) is 14.9. The molecule has 6 nitrogen and oxygen atoms in total. The largest absolute Gasteiger partial charge is 0.465 e. The fourth-order valence-electron chi connectivity index (χ4n) is 2.18. The topological polar surface area (TPSA) is 80.3 Å². The van der Waals surface area contributed by atoms with Gasteiger partial charge < -0.3 is 10.1 Å². The third kappa shape index (κ3) is 3.01. The lowest BCUT2D eigenvalue weighted by atomic mass is 9.89. The van der Waals surface area contributed by atoms with Crippen LogP contribution < -0.4 is 10.6 Å². The summed E-state index contributed by atoms with van der Waals surface area (Å²) in [7, 11) is 1.32. The zero-order valence-electron chi connectivity index (χ0n) is 12.5. The van der Waals surface area contributed by atoms with E-state index >= 15 is 0 Å². The summed E-state index contributed by atoms with van der Waals surface area (Å²) < 4.78 is 4.74. The van der Waals surface area contributed by atoms with Crippen LogP contribution in [0.4, 0.5) is 0 Å². The summed E-state index contributed by atoms with van der Waals surface area (Å²) in [6.45, 7) is 5.77.